The van der Waals surface area contributed by atoms with Gasteiger partial charge in [-0.15, -0.1) is 11.8 Å². The van der Waals surface area contributed by atoms with Gasteiger partial charge in [0, 0.05) is 22.2 Å². The van der Waals surface area contributed by atoms with Gasteiger partial charge in [0.1, 0.15) is 0 Å². The Morgan fingerprint density at radius 1 is 1.40 bits per heavy atom. The topological polar surface area (TPSA) is 62.7 Å². The van der Waals surface area contributed by atoms with Crippen LogP contribution in [0.3, 0.4) is 0 Å². The average Bonchev–Trinajstić information content (AvgIpc) is 2.86. The SMILES string of the molecule is CC(CC#N)Cc1nc(CSc2ccc(Br)cc2)no1. The number of nitriles is 1. The smallest absolute Gasteiger partial charge is 0.226 e. The fourth-order valence-corrected chi connectivity index (χ4v) is 2.64. The first-order chi connectivity index (χ1) is 9.67. The Labute approximate surface area is 130 Å². The van der Waals surface area contributed by atoms with E-state index in [1.165, 1.54) is 0 Å². The molecular weight excluding hydrogens is 338 g/mol. The molecule has 0 aliphatic heterocycles. The van der Waals surface area contributed by atoms with E-state index in [0.29, 0.717) is 30.3 Å². The number of rotatable bonds is 6. The molecule has 0 aliphatic rings. The molecule has 4 nitrogen and oxygen atoms in total. The Balaban J connectivity index is 1.86. The predicted molar refractivity (Wildman–Crippen MR) is 81.1 cm³/mol. The van der Waals surface area contributed by atoms with E-state index in [-0.39, 0.29) is 5.92 Å². The first-order valence-electron chi connectivity index (χ1n) is 6.24. The molecule has 0 aliphatic carbocycles. The minimum absolute atomic E-state index is 0.243. The van der Waals surface area contributed by atoms with Crippen molar-refractivity contribution < 1.29 is 4.52 Å². The minimum atomic E-state index is 0.243. The summed E-state index contributed by atoms with van der Waals surface area (Å²) in [5.74, 6) is 2.22. The molecule has 1 heterocycles. The zero-order chi connectivity index (χ0) is 14.4. The van der Waals surface area contributed by atoms with Crippen molar-refractivity contribution in [2.24, 2.45) is 5.92 Å². The van der Waals surface area contributed by atoms with Crippen LogP contribution in [0, 0.1) is 17.2 Å². The summed E-state index contributed by atoms with van der Waals surface area (Å²) in [7, 11) is 0. The quantitative estimate of drug-likeness (QED) is 0.729. The number of hydrogen-bond acceptors (Lipinski definition) is 5. The van der Waals surface area contributed by atoms with Gasteiger partial charge in [0.2, 0.25) is 5.89 Å². The zero-order valence-electron chi connectivity index (χ0n) is 11.0. The van der Waals surface area contributed by atoms with Crippen LogP contribution in [0.5, 0.6) is 0 Å². The number of hydrogen-bond donors (Lipinski definition) is 0. The maximum absolute atomic E-state index is 8.63. The van der Waals surface area contributed by atoms with Crippen LogP contribution in [0.4, 0.5) is 0 Å². The van der Waals surface area contributed by atoms with E-state index in [0.717, 1.165) is 9.37 Å². The van der Waals surface area contributed by atoms with Gasteiger partial charge in [0.15, 0.2) is 5.82 Å². The molecule has 0 saturated carbocycles. The van der Waals surface area contributed by atoms with Crippen LogP contribution >= 0.6 is 27.7 Å². The Bertz CT molecular complexity index is 591. The van der Waals surface area contributed by atoms with Crippen LogP contribution in [0.2, 0.25) is 0 Å². The van der Waals surface area contributed by atoms with Crippen molar-refractivity contribution in [1.82, 2.24) is 10.1 Å². The normalized spacial score (nSPS) is 12.1. The van der Waals surface area contributed by atoms with E-state index < -0.39 is 0 Å². The highest BCUT2D eigenvalue weighted by Crippen LogP contribution is 2.23. The van der Waals surface area contributed by atoms with Gasteiger partial charge >= 0.3 is 0 Å². The third-order valence-electron chi connectivity index (χ3n) is 2.65. The average molecular weight is 352 g/mol. The number of halogens is 1. The molecule has 0 spiro atoms. The summed E-state index contributed by atoms with van der Waals surface area (Å²) in [4.78, 5) is 5.51. The highest BCUT2D eigenvalue weighted by Gasteiger charge is 2.11. The molecule has 0 bridgehead atoms. The van der Waals surface area contributed by atoms with E-state index in [1.54, 1.807) is 11.8 Å². The van der Waals surface area contributed by atoms with Crippen molar-refractivity contribution in [3.05, 3.63) is 40.5 Å². The lowest BCUT2D eigenvalue weighted by atomic mass is 10.1. The summed E-state index contributed by atoms with van der Waals surface area (Å²) < 4.78 is 6.26. The molecule has 2 rings (SSSR count). The standard InChI is InChI=1S/C14H14BrN3OS/c1-10(6-7-16)8-14-17-13(18-19-14)9-20-12-4-2-11(15)3-5-12/h2-5,10H,6,8-9H2,1H3. The molecule has 1 unspecified atom stereocenters. The van der Waals surface area contributed by atoms with Crippen molar-refractivity contribution in [2.45, 2.75) is 30.4 Å². The fourth-order valence-electron chi connectivity index (χ4n) is 1.64. The summed E-state index contributed by atoms with van der Waals surface area (Å²) in [6, 6.07) is 10.3. The van der Waals surface area contributed by atoms with Crippen LogP contribution in [0.1, 0.15) is 25.1 Å². The van der Waals surface area contributed by atoms with Crippen molar-refractivity contribution >= 4 is 27.7 Å². The van der Waals surface area contributed by atoms with E-state index in [9.17, 15) is 0 Å². The molecule has 6 heteroatoms. The van der Waals surface area contributed by atoms with Crippen molar-refractivity contribution in [3.8, 4) is 6.07 Å². The lowest BCUT2D eigenvalue weighted by molar-refractivity contribution is 0.356. The zero-order valence-corrected chi connectivity index (χ0v) is 13.4. The van der Waals surface area contributed by atoms with E-state index in [2.05, 4.69) is 32.1 Å². The van der Waals surface area contributed by atoms with Gasteiger partial charge in [-0.1, -0.05) is 28.0 Å². The molecule has 0 saturated heterocycles. The van der Waals surface area contributed by atoms with Gasteiger partial charge in [-0.05, 0) is 30.2 Å². The Kier molecular flexibility index (Phi) is 5.62. The Morgan fingerprint density at radius 3 is 2.85 bits per heavy atom. The van der Waals surface area contributed by atoms with Crippen LogP contribution in [-0.4, -0.2) is 10.1 Å². The first kappa shape index (κ1) is 15.1. The maximum atomic E-state index is 8.63. The van der Waals surface area contributed by atoms with Crippen LogP contribution in [-0.2, 0) is 12.2 Å². The van der Waals surface area contributed by atoms with Gasteiger partial charge in [-0.25, -0.2) is 0 Å². The molecule has 0 fully saturated rings. The van der Waals surface area contributed by atoms with Gasteiger partial charge < -0.3 is 4.52 Å². The van der Waals surface area contributed by atoms with Crippen molar-refractivity contribution in [1.29, 1.82) is 5.26 Å². The molecule has 1 atom stereocenters. The molecular formula is C14H14BrN3OS. The third kappa shape index (κ3) is 4.66. The second kappa shape index (κ2) is 7.46. The van der Waals surface area contributed by atoms with Crippen LogP contribution in [0.25, 0.3) is 0 Å². The number of benzene rings is 1. The molecule has 0 N–H and O–H groups in total. The Morgan fingerprint density at radius 2 is 2.15 bits per heavy atom. The summed E-state index contributed by atoms with van der Waals surface area (Å²) in [6.45, 7) is 2.00. The van der Waals surface area contributed by atoms with Crippen LogP contribution < -0.4 is 0 Å². The van der Waals surface area contributed by atoms with Crippen LogP contribution in [0.15, 0.2) is 38.2 Å². The van der Waals surface area contributed by atoms with Gasteiger partial charge in [0.05, 0.1) is 11.8 Å². The molecule has 1 aromatic carbocycles. The maximum Gasteiger partial charge on any atom is 0.226 e. The van der Waals surface area contributed by atoms with Crippen molar-refractivity contribution in [3.63, 3.8) is 0 Å². The fraction of sp³-hybridized carbons (Fsp3) is 0.357. The summed E-state index contributed by atoms with van der Waals surface area (Å²) in [5, 5.41) is 12.6. The highest BCUT2D eigenvalue weighted by atomic mass is 79.9. The van der Waals surface area contributed by atoms with Gasteiger partial charge in [-0.2, -0.15) is 10.2 Å². The lowest BCUT2D eigenvalue weighted by Gasteiger charge is -2.00. The summed E-state index contributed by atoms with van der Waals surface area (Å²) >= 11 is 5.08. The van der Waals surface area contributed by atoms with Gasteiger partial charge in [0.25, 0.3) is 0 Å². The molecule has 2 aromatic rings. The molecule has 104 valence electrons. The van der Waals surface area contributed by atoms with Gasteiger partial charge in [-0.3, -0.25) is 0 Å². The largest absolute Gasteiger partial charge is 0.339 e. The number of aromatic nitrogens is 2. The molecule has 0 radical (unpaired) electrons. The number of nitrogens with zero attached hydrogens (tertiary/aromatic N) is 3. The van der Waals surface area contributed by atoms with E-state index in [1.807, 2.05) is 31.2 Å². The second-order valence-corrected chi connectivity index (χ2v) is 6.48. The summed E-state index contributed by atoms with van der Waals surface area (Å²) in [5.41, 5.74) is 0. The molecule has 20 heavy (non-hydrogen) atoms. The molecule has 1 aromatic heterocycles. The van der Waals surface area contributed by atoms with E-state index in [4.69, 9.17) is 9.78 Å². The number of thioether (sulfide) groups is 1. The lowest BCUT2D eigenvalue weighted by Crippen LogP contribution is -1.98. The Hall–Kier alpha value is -1.32. The minimum Gasteiger partial charge on any atom is -0.339 e. The third-order valence-corrected chi connectivity index (χ3v) is 4.19. The first-order valence-corrected chi connectivity index (χ1v) is 8.02. The summed E-state index contributed by atoms with van der Waals surface area (Å²) in [6.07, 6.45) is 1.16. The molecule has 0 amide bonds. The van der Waals surface area contributed by atoms with Crippen molar-refractivity contribution in [2.75, 3.05) is 0 Å². The predicted octanol–water partition coefficient (Wildman–Crippen LogP) is 4.22. The van der Waals surface area contributed by atoms with E-state index >= 15 is 0 Å². The monoisotopic (exact) mass is 351 g/mol. The second-order valence-electron chi connectivity index (χ2n) is 4.52. The highest BCUT2D eigenvalue weighted by molar-refractivity contribution is 9.10.